The van der Waals surface area contributed by atoms with Gasteiger partial charge in [0.2, 0.25) is 5.78 Å². The minimum atomic E-state index is -0.465. The minimum absolute atomic E-state index is 0.149. The maximum absolute atomic E-state index is 13.1. The quantitative estimate of drug-likeness (QED) is 0.261. The average Bonchev–Trinajstić information content (AvgIpc) is 2.79. The highest BCUT2D eigenvalue weighted by Crippen LogP contribution is 2.22. The summed E-state index contributed by atoms with van der Waals surface area (Å²) in [6, 6.07) is 22.6. The van der Waals surface area contributed by atoms with Crippen LogP contribution >= 0.6 is 0 Å². The van der Waals surface area contributed by atoms with E-state index >= 15 is 0 Å². The van der Waals surface area contributed by atoms with Gasteiger partial charge in [0.15, 0.2) is 0 Å². The standard InChI is InChI=1S/C24H19NO4/c1-28-20-12-8-17(9-13-20)23(25-19-6-4-3-5-7-19)22(16-26)24(27)18-10-14-21(29-2)15-11-18/h3-15H,1-2H3. The molecule has 0 atom stereocenters. The van der Waals surface area contributed by atoms with Crippen molar-refractivity contribution in [1.29, 1.82) is 0 Å². The number of methoxy groups -OCH3 is 2. The predicted molar refractivity (Wildman–Crippen MR) is 112 cm³/mol. The van der Waals surface area contributed by atoms with Crippen LogP contribution in [0.15, 0.2) is 89.4 Å². The van der Waals surface area contributed by atoms with E-state index in [1.54, 1.807) is 80.8 Å². The van der Waals surface area contributed by atoms with Crippen LogP contribution in [0.3, 0.4) is 0 Å². The maximum Gasteiger partial charge on any atom is 0.206 e. The summed E-state index contributed by atoms with van der Waals surface area (Å²) >= 11 is 0. The van der Waals surface area contributed by atoms with Crippen molar-refractivity contribution in [3.05, 3.63) is 95.6 Å². The van der Waals surface area contributed by atoms with E-state index in [0.29, 0.717) is 28.3 Å². The van der Waals surface area contributed by atoms with Crippen LogP contribution in [0.25, 0.3) is 0 Å². The Morgan fingerprint density at radius 3 is 1.76 bits per heavy atom. The number of hydrogen-bond acceptors (Lipinski definition) is 5. The smallest absolute Gasteiger partial charge is 0.206 e. The van der Waals surface area contributed by atoms with Crippen LogP contribution in [0, 0.1) is 0 Å². The van der Waals surface area contributed by atoms with E-state index < -0.39 is 5.78 Å². The van der Waals surface area contributed by atoms with E-state index in [-0.39, 0.29) is 11.3 Å². The molecule has 5 heteroatoms. The Hall–Kier alpha value is -3.95. The molecule has 144 valence electrons. The first-order valence-corrected chi connectivity index (χ1v) is 8.88. The van der Waals surface area contributed by atoms with Crippen molar-refractivity contribution >= 4 is 23.1 Å². The van der Waals surface area contributed by atoms with E-state index in [1.165, 1.54) is 0 Å². The summed E-state index contributed by atoms with van der Waals surface area (Å²) in [6.45, 7) is 0. The second-order valence-electron chi connectivity index (χ2n) is 6.06. The number of carbonyl (C=O) groups is 1. The van der Waals surface area contributed by atoms with Gasteiger partial charge in [0.05, 0.1) is 25.6 Å². The molecule has 0 aliphatic carbocycles. The Morgan fingerprint density at radius 1 is 0.759 bits per heavy atom. The zero-order valence-electron chi connectivity index (χ0n) is 16.1. The Labute approximate surface area is 168 Å². The molecule has 0 fully saturated rings. The molecule has 0 unspecified atom stereocenters. The molecular weight excluding hydrogens is 366 g/mol. The van der Waals surface area contributed by atoms with Crippen LogP contribution < -0.4 is 9.47 Å². The molecule has 0 radical (unpaired) electrons. The summed E-state index contributed by atoms with van der Waals surface area (Å²) in [4.78, 5) is 29.5. The lowest BCUT2D eigenvalue weighted by Crippen LogP contribution is -2.15. The number of aliphatic imine (C=N–C) groups is 1. The van der Waals surface area contributed by atoms with Crippen LogP contribution in [-0.4, -0.2) is 31.7 Å². The Kier molecular flexibility index (Phi) is 6.36. The highest BCUT2D eigenvalue weighted by molar-refractivity contribution is 6.37. The zero-order valence-corrected chi connectivity index (χ0v) is 16.1. The maximum atomic E-state index is 13.1. The topological polar surface area (TPSA) is 65.0 Å². The van der Waals surface area contributed by atoms with Gasteiger partial charge in [-0.2, -0.15) is 0 Å². The largest absolute Gasteiger partial charge is 0.497 e. The van der Waals surface area contributed by atoms with E-state index in [4.69, 9.17) is 9.47 Å². The number of Topliss-reactive ketones (excluding diaryl/α,β-unsaturated/α-hetero) is 1. The first kappa shape index (κ1) is 19.8. The molecule has 3 aromatic rings. The van der Waals surface area contributed by atoms with Crippen LogP contribution in [0.4, 0.5) is 5.69 Å². The molecule has 29 heavy (non-hydrogen) atoms. The first-order valence-electron chi connectivity index (χ1n) is 8.88. The summed E-state index contributed by atoms with van der Waals surface area (Å²) < 4.78 is 10.3. The molecule has 0 heterocycles. The van der Waals surface area contributed by atoms with Crippen molar-refractivity contribution < 1.29 is 19.1 Å². The highest BCUT2D eigenvalue weighted by atomic mass is 16.5. The number of ether oxygens (including phenoxy) is 2. The Bertz CT molecular complexity index is 1060. The van der Waals surface area contributed by atoms with Gasteiger partial charge in [-0.3, -0.25) is 4.79 Å². The third kappa shape index (κ3) is 4.67. The molecule has 3 aromatic carbocycles. The number of carbonyl (C=O) groups excluding carboxylic acids is 2. The summed E-state index contributed by atoms with van der Waals surface area (Å²) in [5, 5.41) is 0. The van der Waals surface area contributed by atoms with Gasteiger partial charge < -0.3 is 9.47 Å². The molecule has 0 saturated carbocycles. The monoisotopic (exact) mass is 385 g/mol. The molecule has 0 aliphatic rings. The second-order valence-corrected chi connectivity index (χ2v) is 6.06. The van der Waals surface area contributed by atoms with Gasteiger partial charge in [0, 0.05) is 11.1 Å². The van der Waals surface area contributed by atoms with Crippen LogP contribution in [0.5, 0.6) is 11.5 Å². The molecule has 0 saturated heterocycles. The van der Waals surface area contributed by atoms with Gasteiger partial charge in [-0.15, -0.1) is 0 Å². The lowest BCUT2D eigenvalue weighted by Gasteiger charge is -2.10. The molecule has 0 bridgehead atoms. The average molecular weight is 385 g/mol. The van der Waals surface area contributed by atoms with Gasteiger partial charge in [0.25, 0.3) is 0 Å². The van der Waals surface area contributed by atoms with Crippen molar-refractivity contribution in [3.8, 4) is 11.5 Å². The number of benzene rings is 3. The van der Waals surface area contributed by atoms with Crippen molar-refractivity contribution in [2.75, 3.05) is 14.2 Å². The number of para-hydroxylation sites is 1. The van der Waals surface area contributed by atoms with Crippen molar-refractivity contribution in [2.24, 2.45) is 4.99 Å². The van der Waals surface area contributed by atoms with Gasteiger partial charge in [-0.05, 0) is 60.7 Å². The predicted octanol–water partition coefficient (Wildman–Crippen LogP) is 4.47. The summed E-state index contributed by atoms with van der Waals surface area (Å²) in [7, 11) is 3.11. The SMILES string of the molecule is COc1ccc(C(=O)C(=C=O)C(=Nc2ccccc2)c2ccc(OC)cc2)cc1. The normalized spacial score (nSPS) is 10.8. The highest BCUT2D eigenvalue weighted by Gasteiger charge is 2.21. The fraction of sp³-hybridized carbons (Fsp3) is 0.0833. The number of nitrogens with zero attached hydrogens (tertiary/aromatic N) is 1. The number of rotatable bonds is 7. The van der Waals surface area contributed by atoms with Crippen molar-refractivity contribution in [3.63, 3.8) is 0 Å². The molecule has 0 aromatic heterocycles. The van der Waals surface area contributed by atoms with E-state index in [9.17, 15) is 9.59 Å². The van der Waals surface area contributed by atoms with E-state index in [1.807, 2.05) is 18.2 Å². The molecule has 0 spiro atoms. The lowest BCUT2D eigenvalue weighted by molar-refractivity contribution is 0.104. The Balaban J connectivity index is 2.08. The van der Waals surface area contributed by atoms with Crippen molar-refractivity contribution in [1.82, 2.24) is 0 Å². The van der Waals surface area contributed by atoms with Crippen LogP contribution in [0.2, 0.25) is 0 Å². The fourth-order valence-corrected chi connectivity index (χ4v) is 2.73. The summed E-state index contributed by atoms with van der Waals surface area (Å²) in [5.74, 6) is 2.61. The van der Waals surface area contributed by atoms with E-state index in [0.717, 1.165) is 0 Å². The molecular formula is C24H19NO4. The molecule has 0 N–H and O–H groups in total. The molecule has 0 amide bonds. The zero-order chi connectivity index (χ0) is 20.6. The summed E-state index contributed by atoms with van der Waals surface area (Å²) in [5.41, 5.74) is 1.67. The van der Waals surface area contributed by atoms with Crippen LogP contribution in [-0.2, 0) is 4.79 Å². The van der Waals surface area contributed by atoms with Gasteiger partial charge in [0.1, 0.15) is 23.0 Å². The minimum Gasteiger partial charge on any atom is -0.497 e. The van der Waals surface area contributed by atoms with Crippen molar-refractivity contribution in [2.45, 2.75) is 0 Å². The summed E-state index contributed by atoms with van der Waals surface area (Å²) in [6.07, 6.45) is 0. The fourth-order valence-electron chi connectivity index (χ4n) is 2.73. The molecule has 0 aliphatic heterocycles. The third-order valence-corrected chi connectivity index (χ3v) is 4.28. The Morgan fingerprint density at radius 2 is 1.28 bits per heavy atom. The number of hydrogen-bond donors (Lipinski definition) is 0. The first-order chi connectivity index (χ1) is 14.2. The molecule has 5 nitrogen and oxygen atoms in total. The van der Waals surface area contributed by atoms with E-state index in [2.05, 4.69) is 4.99 Å². The number of ketones is 1. The van der Waals surface area contributed by atoms with Gasteiger partial charge in [-0.1, -0.05) is 18.2 Å². The number of allylic oxidation sites excluding steroid dienone is 1. The third-order valence-electron chi connectivity index (χ3n) is 4.28. The molecule has 3 rings (SSSR count). The van der Waals surface area contributed by atoms with Gasteiger partial charge >= 0.3 is 0 Å². The lowest BCUT2D eigenvalue weighted by atomic mass is 9.95. The van der Waals surface area contributed by atoms with Crippen LogP contribution in [0.1, 0.15) is 15.9 Å². The second kappa shape index (κ2) is 9.31. The van der Waals surface area contributed by atoms with Gasteiger partial charge in [-0.25, -0.2) is 9.79 Å².